The summed E-state index contributed by atoms with van der Waals surface area (Å²) in [7, 11) is 0. The number of carbonyl (C=O) groups excluding carboxylic acids is 3. The molecule has 0 saturated heterocycles. The Kier molecular flexibility index (Phi) is 4.79. The highest BCUT2D eigenvalue weighted by molar-refractivity contribution is 6.21. The number of rotatable bonds is 6. The zero-order valence-corrected chi connectivity index (χ0v) is 13.7. The van der Waals surface area contributed by atoms with Crippen LogP contribution in [0.5, 0.6) is 5.75 Å². The summed E-state index contributed by atoms with van der Waals surface area (Å²) in [6.45, 7) is 1.27. The van der Waals surface area contributed by atoms with Gasteiger partial charge in [0.1, 0.15) is 5.75 Å². The molecule has 0 unspecified atom stereocenters. The van der Waals surface area contributed by atoms with Gasteiger partial charge in [0.25, 0.3) is 11.8 Å². The Morgan fingerprint density at radius 1 is 0.960 bits per heavy atom. The first-order valence-electron chi connectivity index (χ1n) is 7.93. The molecule has 6 nitrogen and oxygen atoms in total. The van der Waals surface area contributed by atoms with Crippen LogP contribution in [0.25, 0.3) is 0 Å². The number of aryl methyl sites for hydroxylation is 1. The first kappa shape index (κ1) is 16.7. The number of carbonyl (C=O) groups is 3. The van der Waals surface area contributed by atoms with Crippen molar-refractivity contribution in [2.24, 2.45) is 0 Å². The Morgan fingerprint density at radius 3 is 2.20 bits per heavy atom. The van der Waals surface area contributed by atoms with Crippen LogP contribution in [0, 0.1) is 0 Å². The maximum Gasteiger partial charge on any atom is 0.345 e. The number of hydrogen-bond acceptors (Lipinski definition) is 5. The van der Waals surface area contributed by atoms with E-state index in [2.05, 4.69) is 0 Å². The van der Waals surface area contributed by atoms with Gasteiger partial charge >= 0.3 is 5.97 Å². The van der Waals surface area contributed by atoms with Gasteiger partial charge in [-0.25, -0.2) is 9.69 Å². The van der Waals surface area contributed by atoms with Crippen LogP contribution in [-0.2, 0) is 16.0 Å². The van der Waals surface area contributed by atoms with Crippen LogP contribution < -0.4 is 4.74 Å². The summed E-state index contributed by atoms with van der Waals surface area (Å²) >= 11 is 0. The minimum atomic E-state index is -0.650. The van der Waals surface area contributed by atoms with Crippen LogP contribution in [0.1, 0.15) is 33.2 Å². The number of esters is 1. The van der Waals surface area contributed by atoms with Crippen LogP contribution in [0.3, 0.4) is 0 Å². The first-order chi connectivity index (χ1) is 12.1. The third-order valence-corrected chi connectivity index (χ3v) is 3.93. The van der Waals surface area contributed by atoms with Gasteiger partial charge in [-0.05, 0) is 30.2 Å². The van der Waals surface area contributed by atoms with Crippen LogP contribution in [0.15, 0.2) is 48.5 Å². The molecule has 0 aromatic heterocycles. The van der Waals surface area contributed by atoms with Gasteiger partial charge in [-0.2, -0.15) is 0 Å². The molecule has 0 bridgehead atoms. The van der Waals surface area contributed by atoms with Crippen molar-refractivity contribution in [1.82, 2.24) is 4.90 Å². The molecule has 1 aliphatic heterocycles. The average molecular weight is 339 g/mol. The summed E-state index contributed by atoms with van der Waals surface area (Å²) in [6, 6.07) is 13.9. The summed E-state index contributed by atoms with van der Waals surface area (Å²) in [5.74, 6) is -0.971. The lowest BCUT2D eigenvalue weighted by Gasteiger charge is -2.14. The van der Waals surface area contributed by atoms with E-state index < -0.39 is 24.5 Å². The fourth-order valence-electron chi connectivity index (χ4n) is 2.61. The van der Waals surface area contributed by atoms with Gasteiger partial charge in [-0.3, -0.25) is 9.59 Å². The molecule has 1 aliphatic rings. The molecule has 2 amide bonds. The smallest absolute Gasteiger partial charge is 0.345 e. The SMILES string of the molecule is CCc1ccccc1OCC(=O)OCN1C(=O)c2ccccc2C1=O. The van der Waals surface area contributed by atoms with Gasteiger partial charge in [-0.15, -0.1) is 0 Å². The van der Waals surface area contributed by atoms with Crippen molar-refractivity contribution >= 4 is 17.8 Å². The van der Waals surface area contributed by atoms with Gasteiger partial charge < -0.3 is 9.47 Å². The van der Waals surface area contributed by atoms with Crippen molar-refractivity contribution in [2.75, 3.05) is 13.3 Å². The van der Waals surface area contributed by atoms with Crippen molar-refractivity contribution in [2.45, 2.75) is 13.3 Å². The molecule has 0 spiro atoms. The number of amides is 2. The van der Waals surface area contributed by atoms with Crippen LogP contribution in [0.2, 0.25) is 0 Å². The Bertz CT molecular complexity index is 795. The van der Waals surface area contributed by atoms with E-state index in [0.29, 0.717) is 16.9 Å². The normalized spacial score (nSPS) is 12.9. The second-order valence-electron chi connectivity index (χ2n) is 5.48. The molecule has 0 aliphatic carbocycles. The highest BCUT2D eigenvalue weighted by Gasteiger charge is 2.35. The lowest BCUT2D eigenvalue weighted by molar-refractivity contribution is -0.148. The van der Waals surface area contributed by atoms with E-state index in [4.69, 9.17) is 9.47 Å². The summed E-state index contributed by atoms with van der Waals surface area (Å²) in [5.41, 5.74) is 1.61. The number of hydrogen-bond donors (Lipinski definition) is 0. The van der Waals surface area contributed by atoms with E-state index in [1.165, 1.54) is 0 Å². The Labute approximate surface area is 145 Å². The molecule has 1 heterocycles. The predicted octanol–water partition coefficient (Wildman–Crippen LogP) is 2.42. The fourth-order valence-corrected chi connectivity index (χ4v) is 2.61. The molecule has 6 heteroatoms. The zero-order valence-electron chi connectivity index (χ0n) is 13.7. The second-order valence-corrected chi connectivity index (χ2v) is 5.48. The van der Waals surface area contributed by atoms with E-state index in [-0.39, 0.29) is 6.61 Å². The van der Waals surface area contributed by atoms with Gasteiger partial charge in [0.15, 0.2) is 13.3 Å². The van der Waals surface area contributed by atoms with Crippen LogP contribution >= 0.6 is 0 Å². The fraction of sp³-hybridized carbons (Fsp3) is 0.211. The first-order valence-corrected chi connectivity index (χ1v) is 7.93. The molecule has 2 aromatic carbocycles. The van der Waals surface area contributed by atoms with E-state index in [1.807, 2.05) is 25.1 Å². The van der Waals surface area contributed by atoms with Gasteiger partial charge in [0, 0.05) is 0 Å². The number of para-hydroxylation sites is 1. The summed E-state index contributed by atoms with van der Waals surface area (Å²) < 4.78 is 10.5. The van der Waals surface area contributed by atoms with Crippen molar-refractivity contribution in [1.29, 1.82) is 0 Å². The molecule has 0 N–H and O–H groups in total. The maximum absolute atomic E-state index is 12.2. The van der Waals surface area contributed by atoms with E-state index in [9.17, 15) is 14.4 Å². The Balaban J connectivity index is 1.55. The van der Waals surface area contributed by atoms with Crippen molar-refractivity contribution in [3.05, 3.63) is 65.2 Å². The average Bonchev–Trinajstić information content (AvgIpc) is 2.89. The van der Waals surface area contributed by atoms with Crippen molar-refractivity contribution in [3.8, 4) is 5.75 Å². The molecule has 3 rings (SSSR count). The molecule has 0 radical (unpaired) electrons. The lowest BCUT2D eigenvalue weighted by Crippen LogP contribution is -2.34. The standard InChI is InChI=1S/C19H17NO5/c1-2-13-7-3-6-10-16(13)24-11-17(21)25-12-20-18(22)14-8-4-5-9-15(14)19(20)23/h3-10H,2,11-12H2,1H3. The number of fused-ring (bicyclic) bond motifs is 1. The lowest BCUT2D eigenvalue weighted by atomic mass is 10.1. The Morgan fingerprint density at radius 2 is 1.56 bits per heavy atom. The molecule has 2 aromatic rings. The van der Waals surface area contributed by atoms with Crippen molar-refractivity contribution < 1.29 is 23.9 Å². The number of nitrogens with zero attached hydrogens (tertiary/aromatic N) is 1. The predicted molar refractivity (Wildman–Crippen MR) is 89.2 cm³/mol. The number of imide groups is 1. The van der Waals surface area contributed by atoms with E-state index in [1.54, 1.807) is 30.3 Å². The highest BCUT2D eigenvalue weighted by atomic mass is 16.6. The molecule has 128 valence electrons. The topological polar surface area (TPSA) is 72.9 Å². The van der Waals surface area contributed by atoms with Gasteiger partial charge in [0.05, 0.1) is 11.1 Å². The highest BCUT2D eigenvalue weighted by Crippen LogP contribution is 2.22. The third kappa shape index (κ3) is 3.38. The molecule has 0 fully saturated rings. The summed E-state index contributed by atoms with van der Waals surface area (Å²) in [4.78, 5) is 37.1. The minimum Gasteiger partial charge on any atom is -0.482 e. The largest absolute Gasteiger partial charge is 0.482 e. The molecule has 0 atom stereocenters. The zero-order chi connectivity index (χ0) is 17.8. The quantitative estimate of drug-likeness (QED) is 0.597. The summed E-state index contributed by atoms with van der Waals surface area (Å²) in [6.07, 6.45) is 0.778. The Hall–Kier alpha value is -3.15. The van der Waals surface area contributed by atoms with E-state index in [0.717, 1.165) is 16.9 Å². The number of ether oxygens (including phenoxy) is 2. The molecule has 25 heavy (non-hydrogen) atoms. The summed E-state index contributed by atoms with van der Waals surface area (Å²) in [5, 5.41) is 0. The molecular formula is C19H17NO5. The number of benzene rings is 2. The van der Waals surface area contributed by atoms with Gasteiger partial charge in [-0.1, -0.05) is 37.3 Å². The second kappa shape index (κ2) is 7.17. The van der Waals surface area contributed by atoms with E-state index >= 15 is 0 Å². The van der Waals surface area contributed by atoms with Crippen LogP contribution in [-0.4, -0.2) is 36.0 Å². The molecule has 0 saturated carbocycles. The van der Waals surface area contributed by atoms with Gasteiger partial charge in [0.2, 0.25) is 0 Å². The van der Waals surface area contributed by atoms with Crippen LogP contribution in [0.4, 0.5) is 0 Å². The minimum absolute atomic E-state index is 0.291. The molecular weight excluding hydrogens is 322 g/mol. The monoisotopic (exact) mass is 339 g/mol. The maximum atomic E-state index is 12.2. The third-order valence-electron chi connectivity index (χ3n) is 3.93. The van der Waals surface area contributed by atoms with Crippen molar-refractivity contribution in [3.63, 3.8) is 0 Å².